The topological polar surface area (TPSA) is 30.5 Å². The highest BCUT2D eigenvalue weighted by Gasteiger charge is 2.17. The lowest BCUT2D eigenvalue weighted by atomic mass is 10.2. The van der Waals surface area contributed by atoms with Gasteiger partial charge in [0, 0.05) is 5.69 Å². The maximum atomic E-state index is 5.06. The Labute approximate surface area is 77.7 Å². The van der Waals surface area contributed by atoms with Crippen LogP contribution in [0.2, 0.25) is 0 Å². The van der Waals surface area contributed by atoms with Gasteiger partial charge >= 0.3 is 0 Å². The minimum atomic E-state index is 0.480. The SMILES string of the molecule is COc1ccc(NC2COC2)cc1. The van der Waals surface area contributed by atoms with Gasteiger partial charge in [-0.15, -0.1) is 0 Å². The Morgan fingerprint density at radius 3 is 2.46 bits per heavy atom. The average Bonchev–Trinajstić information content (AvgIpc) is 2.12. The maximum Gasteiger partial charge on any atom is 0.119 e. The Morgan fingerprint density at radius 2 is 2.00 bits per heavy atom. The van der Waals surface area contributed by atoms with Gasteiger partial charge in [-0.2, -0.15) is 0 Å². The number of hydrogen-bond acceptors (Lipinski definition) is 3. The van der Waals surface area contributed by atoms with Crippen molar-refractivity contribution >= 4 is 5.69 Å². The maximum absolute atomic E-state index is 5.06. The monoisotopic (exact) mass is 179 g/mol. The normalized spacial score (nSPS) is 16.4. The fraction of sp³-hybridized carbons (Fsp3) is 0.400. The van der Waals surface area contributed by atoms with E-state index in [0.717, 1.165) is 24.7 Å². The van der Waals surface area contributed by atoms with E-state index < -0.39 is 0 Å². The van der Waals surface area contributed by atoms with Gasteiger partial charge < -0.3 is 14.8 Å². The van der Waals surface area contributed by atoms with Crippen LogP contribution < -0.4 is 10.1 Å². The van der Waals surface area contributed by atoms with E-state index in [-0.39, 0.29) is 0 Å². The van der Waals surface area contributed by atoms with E-state index in [1.165, 1.54) is 0 Å². The van der Waals surface area contributed by atoms with Crippen LogP contribution in [0.3, 0.4) is 0 Å². The lowest BCUT2D eigenvalue weighted by molar-refractivity contribution is 0.0211. The van der Waals surface area contributed by atoms with Crippen molar-refractivity contribution in [2.75, 3.05) is 25.6 Å². The van der Waals surface area contributed by atoms with Crippen LogP contribution in [-0.4, -0.2) is 26.4 Å². The van der Waals surface area contributed by atoms with Gasteiger partial charge in [-0.1, -0.05) is 0 Å². The molecule has 1 heterocycles. The number of ether oxygens (including phenoxy) is 2. The zero-order chi connectivity index (χ0) is 9.10. The number of methoxy groups -OCH3 is 1. The summed E-state index contributed by atoms with van der Waals surface area (Å²) in [6, 6.07) is 8.39. The zero-order valence-electron chi connectivity index (χ0n) is 7.62. The van der Waals surface area contributed by atoms with Crippen molar-refractivity contribution in [2.24, 2.45) is 0 Å². The molecule has 0 saturated carbocycles. The van der Waals surface area contributed by atoms with Gasteiger partial charge in [0.15, 0.2) is 0 Å². The van der Waals surface area contributed by atoms with E-state index in [0.29, 0.717) is 6.04 Å². The van der Waals surface area contributed by atoms with Crippen molar-refractivity contribution in [3.63, 3.8) is 0 Å². The molecule has 1 aromatic carbocycles. The number of hydrogen-bond donors (Lipinski definition) is 1. The summed E-state index contributed by atoms with van der Waals surface area (Å²) in [5, 5.41) is 3.35. The molecule has 0 amide bonds. The number of nitrogens with one attached hydrogen (secondary N) is 1. The second-order valence-corrected chi connectivity index (χ2v) is 3.11. The van der Waals surface area contributed by atoms with E-state index in [1.807, 2.05) is 24.3 Å². The van der Waals surface area contributed by atoms with Crippen LogP contribution in [0.5, 0.6) is 5.75 Å². The Kier molecular flexibility index (Phi) is 2.36. The summed E-state index contributed by atoms with van der Waals surface area (Å²) < 4.78 is 10.1. The molecule has 13 heavy (non-hydrogen) atoms. The molecule has 0 spiro atoms. The fourth-order valence-electron chi connectivity index (χ4n) is 1.24. The largest absolute Gasteiger partial charge is 0.497 e. The molecule has 0 atom stereocenters. The molecular formula is C10H13NO2. The number of benzene rings is 1. The first kappa shape index (κ1) is 8.38. The van der Waals surface area contributed by atoms with E-state index in [1.54, 1.807) is 7.11 Å². The minimum Gasteiger partial charge on any atom is -0.497 e. The van der Waals surface area contributed by atoms with Crippen molar-refractivity contribution < 1.29 is 9.47 Å². The first-order valence-electron chi connectivity index (χ1n) is 4.37. The highest BCUT2D eigenvalue weighted by molar-refractivity contribution is 5.47. The van der Waals surface area contributed by atoms with Crippen molar-refractivity contribution in [3.8, 4) is 5.75 Å². The molecule has 3 heteroatoms. The molecule has 1 fully saturated rings. The molecule has 0 bridgehead atoms. The van der Waals surface area contributed by atoms with Gasteiger partial charge in [0.05, 0.1) is 26.4 Å². The average molecular weight is 179 g/mol. The standard InChI is InChI=1S/C10H13NO2/c1-12-10-4-2-8(3-5-10)11-9-6-13-7-9/h2-5,9,11H,6-7H2,1H3. The Balaban J connectivity index is 1.96. The second-order valence-electron chi connectivity index (χ2n) is 3.11. The Hall–Kier alpha value is -1.22. The van der Waals surface area contributed by atoms with Crippen LogP contribution in [0, 0.1) is 0 Å². The van der Waals surface area contributed by atoms with Gasteiger partial charge in [-0.05, 0) is 24.3 Å². The van der Waals surface area contributed by atoms with Crippen molar-refractivity contribution in [1.82, 2.24) is 0 Å². The van der Waals surface area contributed by atoms with Crippen LogP contribution >= 0.6 is 0 Å². The molecule has 70 valence electrons. The van der Waals surface area contributed by atoms with Gasteiger partial charge in [0.25, 0.3) is 0 Å². The quantitative estimate of drug-likeness (QED) is 0.762. The third-order valence-electron chi connectivity index (χ3n) is 2.10. The molecule has 0 aliphatic carbocycles. The van der Waals surface area contributed by atoms with Crippen LogP contribution in [0.25, 0.3) is 0 Å². The summed E-state index contributed by atoms with van der Waals surface area (Å²) >= 11 is 0. The first-order chi connectivity index (χ1) is 6.38. The van der Waals surface area contributed by atoms with Gasteiger partial charge in [0.1, 0.15) is 5.75 Å². The summed E-state index contributed by atoms with van der Waals surface area (Å²) in [4.78, 5) is 0. The fourth-order valence-corrected chi connectivity index (χ4v) is 1.24. The van der Waals surface area contributed by atoms with E-state index >= 15 is 0 Å². The first-order valence-corrected chi connectivity index (χ1v) is 4.37. The Bertz CT molecular complexity index is 267. The predicted octanol–water partition coefficient (Wildman–Crippen LogP) is 1.51. The van der Waals surface area contributed by atoms with Crippen molar-refractivity contribution in [3.05, 3.63) is 24.3 Å². The molecule has 1 aromatic rings. The van der Waals surface area contributed by atoms with Crippen molar-refractivity contribution in [2.45, 2.75) is 6.04 Å². The zero-order valence-corrected chi connectivity index (χ0v) is 7.62. The molecule has 0 unspecified atom stereocenters. The van der Waals surface area contributed by atoms with Crippen molar-refractivity contribution in [1.29, 1.82) is 0 Å². The van der Waals surface area contributed by atoms with Gasteiger partial charge in [-0.3, -0.25) is 0 Å². The van der Waals surface area contributed by atoms with Crippen LogP contribution in [-0.2, 0) is 4.74 Å². The summed E-state index contributed by atoms with van der Waals surface area (Å²) in [5.74, 6) is 0.885. The van der Waals surface area contributed by atoms with Gasteiger partial charge in [0.2, 0.25) is 0 Å². The highest BCUT2D eigenvalue weighted by atomic mass is 16.5. The summed E-state index contributed by atoms with van der Waals surface area (Å²) in [6.45, 7) is 1.62. The third kappa shape index (κ3) is 1.92. The molecule has 0 radical (unpaired) electrons. The minimum absolute atomic E-state index is 0.480. The number of rotatable bonds is 3. The molecule has 0 aromatic heterocycles. The molecule has 1 N–H and O–H groups in total. The van der Waals surface area contributed by atoms with E-state index in [9.17, 15) is 0 Å². The second kappa shape index (κ2) is 3.66. The van der Waals surface area contributed by atoms with Gasteiger partial charge in [-0.25, -0.2) is 0 Å². The molecule has 3 nitrogen and oxygen atoms in total. The molecule has 1 aliphatic heterocycles. The molecule has 1 aliphatic rings. The molecule has 1 saturated heterocycles. The predicted molar refractivity (Wildman–Crippen MR) is 51.2 cm³/mol. The lowest BCUT2D eigenvalue weighted by Gasteiger charge is -2.27. The lowest BCUT2D eigenvalue weighted by Crippen LogP contribution is -2.40. The molecular weight excluding hydrogens is 166 g/mol. The summed E-state index contributed by atoms with van der Waals surface area (Å²) in [7, 11) is 1.67. The highest BCUT2D eigenvalue weighted by Crippen LogP contribution is 2.17. The smallest absolute Gasteiger partial charge is 0.119 e. The van der Waals surface area contributed by atoms with Crippen LogP contribution in [0.1, 0.15) is 0 Å². The van der Waals surface area contributed by atoms with E-state index in [2.05, 4.69) is 5.32 Å². The molecule has 2 rings (SSSR count). The Morgan fingerprint density at radius 1 is 1.31 bits per heavy atom. The summed E-state index contributed by atoms with van der Waals surface area (Å²) in [6.07, 6.45) is 0. The number of anilines is 1. The van der Waals surface area contributed by atoms with E-state index in [4.69, 9.17) is 9.47 Å². The van der Waals surface area contributed by atoms with Crippen LogP contribution in [0.15, 0.2) is 24.3 Å². The third-order valence-corrected chi connectivity index (χ3v) is 2.10. The summed E-state index contributed by atoms with van der Waals surface area (Å²) in [5.41, 5.74) is 1.12. The van der Waals surface area contributed by atoms with Crippen LogP contribution in [0.4, 0.5) is 5.69 Å².